The monoisotopic (exact) mass is 484 g/mol. The van der Waals surface area contributed by atoms with Crippen molar-refractivity contribution in [3.63, 3.8) is 0 Å². The number of anilines is 2. The molecule has 2 N–H and O–H groups in total. The summed E-state index contributed by atoms with van der Waals surface area (Å²) in [5, 5.41) is 17.5. The molecule has 2 aromatic rings. The van der Waals surface area contributed by atoms with Gasteiger partial charge >= 0.3 is 0 Å². The van der Waals surface area contributed by atoms with E-state index in [9.17, 15) is 24.5 Å². The van der Waals surface area contributed by atoms with Crippen LogP contribution in [0.2, 0.25) is 5.02 Å². The number of likely N-dealkylation sites (tertiary alicyclic amines) is 1. The number of nitro groups is 1. The summed E-state index contributed by atoms with van der Waals surface area (Å²) >= 11 is 6.03. The number of rotatable bonds is 7. The van der Waals surface area contributed by atoms with Crippen molar-refractivity contribution < 1.29 is 19.3 Å². The number of amides is 3. The normalized spacial score (nSPS) is 19.6. The molecule has 1 heterocycles. The van der Waals surface area contributed by atoms with Gasteiger partial charge in [-0.25, -0.2) is 0 Å². The number of carbonyl (C=O) groups excluding carboxylic acids is 3. The van der Waals surface area contributed by atoms with Gasteiger partial charge in [-0.1, -0.05) is 30.5 Å². The molecule has 10 heteroatoms. The van der Waals surface area contributed by atoms with Crippen LogP contribution in [0.4, 0.5) is 17.1 Å². The highest BCUT2D eigenvalue weighted by Crippen LogP contribution is 2.37. The Kier molecular flexibility index (Phi) is 6.83. The van der Waals surface area contributed by atoms with Crippen LogP contribution in [-0.2, 0) is 9.59 Å². The van der Waals surface area contributed by atoms with Gasteiger partial charge < -0.3 is 10.6 Å². The Hall–Kier alpha value is -3.46. The van der Waals surface area contributed by atoms with E-state index in [-0.39, 0.29) is 48.0 Å². The van der Waals surface area contributed by atoms with Gasteiger partial charge in [0.05, 0.1) is 22.3 Å². The lowest BCUT2D eigenvalue weighted by atomic mass is 9.81. The van der Waals surface area contributed by atoms with Crippen molar-refractivity contribution in [3.05, 3.63) is 62.7 Å². The van der Waals surface area contributed by atoms with Crippen molar-refractivity contribution in [1.29, 1.82) is 0 Å². The highest BCUT2D eigenvalue weighted by Gasteiger charge is 2.47. The zero-order valence-corrected chi connectivity index (χ0v) is 19.4. The van der Waals surface area contributed by atoms with E-state index in [2.05, 4.69) is 10.6 Å². The third kappa shape index (κ3) is 4.75. The molecule has 1 aliphatic carbocycles. The highest BCUT2D eigenvalue weighted by atomic mass is 35.5. The van der Waals surface area contributed by atoms with E-state index in [1.54, 1.807) is 25.1 Å². The predicted molar refractivity (Wildman–Crippen MR) is 128 cm³/mol. The average molecular weight is 485 g/mol. The number of fused-ring (bicyclic) bond motifs is 1. The van der Waals surface area contributed by atoms with Crippen LogP contribution in [0.15, 0.2) is 36.4 Å². The summed E-state index contributed by atoms with van der Waals surface area (Å²) in [6.45, 7) is 2.18. The molecular weight excluding hydrogens is 460 g/mol. The summed E-state index contributed by atoms with van der Waals surface area (Å²) in [6.07, 6.45) is 3.41. The SMILES string of the molecule is Cc1ccc(Cl)cc1NC(=O)c1cc([N+](=O)[O-])ccc1NCCN1C(=O)[C@@H]2CCCC[C@H]2C1=O. The maximum absolute atomic E-state index is 13.0. The van der Waals surface area contributed by atoms with Gasteiger partial charge in [0.1, 0.15) is 0 Å². The lowest BCUT2D eigenvalue weighted by molar-refractivity contribution is -0.384. The number of hydrogen-bond acceptors (Lipinski definition) is 6. The number of nitro benzene ring substituents is 1. The number of halogens is 1. The summed E-state index contributed by atoms with van der Waals surface area (Å²) in [5.41, 5.74) is 1.48. The molecule has 1 aliphatic heterocycles. The second-order valence-electron chi connectivity index (χ2n) is 8.65. The Labute approximate surface area is 201 Å². The second kappa shape index (κ2) is 9.80. The molecule has 2 fully saturated rings. The summed E-state index contributed by atoms with van der Waals surface area (Å²) in [6, 6.07) is 8.99. The fourth-order valence-electron chi connectivity index (χ4n) is 4.66. The first-order chi connectivity index (χ1) is 16.3. The molecule has 4 rings (SSSR count). The van der Waals surface area contributed by atoms with E-state index in [1.165, 1.54) is 23.1 Å². The van der Waals surface area contributed by atoms with Crippen molar-refractivity contribution in [2.24, 2.45) is 11.8 Å². The van der Waals surface area contributed by atoms with E-state index < -0.39 is 10.8 Å². The summed E-state index contributed by atoms with van der Waals surface area (Å²) in [7, 11) is 0. The molecule has 9 nitrogen and oxygen atoms in total. The maximum Gasteiger partial charge on any atom is 0.270 e. The van der Waals surface area contributed by atoms with Crippen molar-refractivity contribution in [1.82, 2.24) is 4.90 Å². The lowest BCUT2D eigenvalue weighted by Crippen LogP contribution is -2.35. The van der Waals surface area contributed by atoms with Crippen LogP contribution in [0.1, 0.15) is 41.6 Å². The van der Waals surface area contributed by atoms with E-state index >= 15 is 0 Å². The fourth-order valence-corrected chi connectivity index (χ4v) is 4.83. The quantitative estimate of drug-likeness (QED) is 0.341. The van der Waals surface area contributed by atoms with Crippen LogP contribution in [0.5, 0.6) is 0 Å². The first kappa shape index (κ1) is 23.7. The smallest absolute Gasteiger partial charge is 0.270 e. The minimum Gasteiger partial charge on any atom is -0.383 e. The number of benzene rings is 2. The van der Waals surface area contributed by atoms with E-state index in [1.807, 2.05) is 0 Å². The van der Waals surface area contributed by atoms with Gasteiger partial charge in [-0.3, -0.25) is 29.4 Å². The Morgan fingerprint density at radius 1 is 1.09 bits per heavy atom. The molecule has 2 atom stereocenters. The molecule has 3 amide bonds. The van der Waals surface area contributed by atoms with E-state index in [0.29, 0.717) is 16.4 Å². The molecule has 0 unspecified atom stereocenters. The van der Waals surface area contributed by atoms with Crippen molar-refractivity contribution in [2.75, 3.05) is 23.7 Å². The molecule has 0 spiro atoms. The van der Waals surface area contributed by atoms with Gasteiger partial charge in [-0.2, -0.15) is 0 Å². The predicted octanol–water partition coefficient (Wildman–Crippen LogP) is 4.40. The Morgan fingerprint density at radius 3 is 2.41 bits per heavy atom. The maximum atomic E-state index is 13.0. The third-order valence-corrected chi connectivity index (χ3v) is 6.72. The average Bonchev–Trinajstić information content (AvgIpc) is 3.06. The summed E-state index contributed by atoms with van der Waals surface area (Å²) < 4.78 is 0. The molecule has 1 saturated carbocycles. The van der Waals surface area contributed by atoms with Crippen LogP contribution < -0.4 is 10.6 Å². The number of imide groups is 1. The molecule has 178 valence electrons. The molecule has 2 aliphatic rings. The van der Waals surface area contributed by atoms with Gasteiger partial charge in [0.25, 0.3) is 11.6 Å². The molecule has 34 heavy (non-hydrogen) atoms. The number of nitrogens with one attached hydrogen (secondary N) is 2. The molecule has 0 bridgehead atoms. The van der Waals surface area contributed by atoms with Crippen molar-refractivity contribution >= 4 is 46.4 Å². The van der Waals surface area contributed by atoms with Crippen LogP contribution >= 0.6 is 11.6 Å². The lowest BCUT2D eigenvalue weighted by Gasteiger charge is -2.19. The van der Waals surface area contributed by atoms with Crippen molar-refractivity contribution in [2.45, 2.75) is 32.6 Å². The number of nitrogens with zero attached hydrogens (tertiary/aromatic N) is 2. The molecule has 0 aromatic heterocycles. The van der Waals surface area contributed by atoms with Crippen LogP contribution in [0.25, 0.3) is 0 Å². The topological polar surface area (TPSA) is 122 Å². The van der Waals surface area contributed by atoms with Crippen LogP contribution in [-0.4, -0.2) is 40.6 Å². The minimum absolute atomic E-state index is 0.0707. The number of aryl methyl sites for hydroxylation is 1. The van der Waals surface area contributed by atoms with Gasteiger partial charge in [-0.15, -0.1) is 0 Å². The molecule has 1 saturated heterocycles. The largest absolute Gasteiger partial charge is 0.383 e. The highest BCUT2D eigenvalue weighted by molar-refractivity contribution is 6.31. The third-order valence-electron chi connectivity index (χ3n) is 6.49. The zero-order chi connectivity index (χ0) is 24.4. The Bertz CT molecular complexity index is 1140. The second-order valence-corrected chi connectivity index (χ2v) is 9.09. The first-order valence-electron chi connectivity index (χ1n) is 11.2. The zero-order valence-electron chi connectivity index (χ0n) is 18.7. The van der Waals surface area contributed by atoms with E-state index in [0.717, 1.165) is 31.2 Å². The van der Waals surface area contributed by atoms with Crippen LogP contribution in [0, 0.1) is 28.9 Å². The first-order valence-corrected chi connectivity index (χ1v) is 11.6. The minimum atomic E-state index is -0.575. The Balaban J connectivity index is 1.50. The van der Waals surface area contributed by atoms with E-state index in [4.69, 9.17) is 11.6 Å². The molecule has 0 radical (unpaired) electrons. The van der Waals surface area contributed by atoms with Gasteiger partial charge in [-0.05, 0) is 43.5 Å². The van der Waals surface area contributed by atoms with Gasteiger partial charge in [0, 0.05) is 41.6 Å². The Morgan fingerprint density at radius 2 is 1.76 bits per heavy atom. The van der Waals surface area contributed by atoms with Gasteiger partial charge in [0.15, 0.2) is 0 Å². The van der Waals surface area contributed by atoms with Gasteiger partial charge in [0.2, 0.25) is 11.8 Å². The molecular formula is C24H25ClN4O5. The number of non-ortho nitro benzene ring substituents is 1. The van der Waals surface area contributed by atoms with Crippen molar-refractivity contribution in [3.8, 4) is 0 Å². The fraction of sp³-hybridized carbons (Fsp3) is 0.375. The summed E-state index contributed by atoms with van der Waals surface area (Å²) in [5.74, 6) is -1.24. The molecule has 2 aromatic carbocycles. The summed E-state index contributed by atoms with van der Waals surface area (Å²) in [4.78, 5) is 50.4. The van der Waals surface area contributed by atoms with Crippen LogP contribution in [0.3, 0.4) is 0 Å². The number of hydrogen-bond donors (Lipinski definition) is 2. The number of carbonyl (C=O) groups is 3. The standard InChI is InChI=1S/C24H25ClN4O5/c1-14-6-7-15(25)12-21(14)27-22(30)19-13-16(29(33)34)8-9-20(19)26-10-11-28-23(31)17-4-2-3-5-18(17)24(28)32/h6-9,12-13,17-18,26H,2-5,10-11H2,1H3,(H,27,30)/t17-,18-/m1/s1.